The minimum Gasteiger partial charge on any atom is -0.382 e. The zero-order valence-corrected chi connectivity index (χ0v) is 21.1. The van der Waals surface area contributed by atoms with Crippen LogP contribution in [0.2, 0.25) is 0 Å². The molecule has 0 saturated heterocycles. The van der Waals surface area contributed by atoms with Crippen LogP contribution in [0.4, 0.5) is 11.6 Å². The van der Waals surface area contributed by atoms with Crippen LogP contribution in [0.3, 0.4) is 0 Å². The fourth-order valence-electron chi connectivity index (χ4n) is 2.00. The van der Waals surface area contributed by atoms with Gasteiger partial charge < -0.3 is 50.8 Å². The number of hydrogen-bond acceptors (Lipinski definition) is 15. The van der Waals surface area contributed by atoms with E-state index in [1.165, 1.54) is 25.3 Å². The summed E-state index contributed by atoms with van der Waals surface area (Å²) in [4.78, 5) is 78.2. The van der Waals surface area contributed by atoms with E-state index in [0.717, 1.165) is 0 Å². The van der Waals surface area contributed by atoms with Crippen LogP contribution in [0.1, 0.15) is 0 Å². The molecule has 4 aromatic rings. The number of nitrogen functional groups attached to an aromatic ring is 2. The van der Waals surface area contributed by atoms with Crippen LogP contribution in [-0.2, 0) is 31.2 Å². The van der Waals surface area contributed by atoms with Crippen molar-refractivity contribution in [1.29, 1.82) is 0 Å². The van der Waals surface area contributed by atoms with Crippen molar-refractivity contribution in [3.63, 3.8) is 0 Å². The Labute approximate surface area is 203 Å². The number of nitrogens with two attached hydrogens (primary N) is 2. The van der Waals surface area contributed by atoms with Crippen molar-refractivity contribution in [2.45, 2.75) is 0 Å². The van der Waals surface area contributed by atoms with Crippen molar-refractivity contribution < 1.29 is 60.6 Å². The Balaban J connectivity index is 0.000000205. The van der Waals surface area contributed by atoms with E-state index in [0.29, 0.717) is 34.0 Å². The second-order valence-electron chi connectivity index (χ2n) is 5.88. The van der Waals surface area contributed by atoms with Crippen LogP contribution < -0.4 is 11.5 Å². The summed E-state index contributed by atoms with van der Waals surface area (Å²) in [6, 6.07) is 0. The van der Waals surface area contributed by atoms with Gasteiger partial charge in [0.15, 0.2) is 22.9 Å². The largest absolute Gasteiger partial charge is 0.490 e. The van der Waals surface area contributed by atoms with Crippen LogP contribution >= 0.6 is 31.3 Å². The first-order valence-electron chi connectivity index (χ1n) is 8.57. The van der Waals surface area contributed by atoms with E-state index in [2.05, 4.69) is 52.8 Å². The second kappa shape index (κ2) is 11.8. The molecule has 2 atom stereocenters. The van der Waals surface area contributed by atoms with Crippen molar-refractivity contribution in [2.24, 2.45) is 0 Å². The molecule has 0 aliphatic heterocycles. The summed E-state index contributed by atoms with van der Waals surface area (Å²) < 4.78 is 50.9. The molecule has 4 heterocycles. The zero-order chi connectivity index (χ0) is 28.1. The lowest BCUT2D eigenvalue weighted by Gasteiger charge is -2.15. The number of phosphoric acid groups is 4. The normalized spacial score (nSPS) is 15.1. The van der Waals surface area contributed by atoms with Crippen LogP contribution in [0.5, 0.6) is 0 Å². The summed E-state index contributed by atoms with van der Waals surface area (Å²) in [5.74, 6) is 0.866. The Morgan fingerprint density at radius 2 is 0.946 bits per heavy atom. The van der Waals surface area contributed by atoms with Gasteiger partial charge in [0.2, 0.25) is 0 Å². The van der Waals surface area contributed by atoms with Gasteiger partial charge in [-0.1, -0.05) is 0 Å². The molecule has 0 amide bonds. The number of nitrogens with zero attached hydrogens (tertiary/aromatic N) is 6. The maximum absolute atomic E-state index is 10.7. The average molecular weight is 608 g/mol. The lowest BCUT2D eigenvalue weighted by Crippen LogP contribution is -1.95. The molecule has 0 spiro atoms. The lowest BCUT2D eigenvalue weighted by molar-refractivity contribution is 0.194. The molecule has 23 nitrogen and oxygen atoms in total. The molecule has 0 aliphatic carbocycles. The number of imidazole rings is 2. The van der Waals surface area contributed by atoms with E-state index in [4.69, 9.17) is 40.8 Å². The third-order valence-corrected chi connectivity index (χ3v) is 8.13. The lowest BCUT2D eigenvalue weighted by atomic mass is 10.5. The summed E-state index contributed by atoms with van der Waals surface area (Å²) in [6.45, 7) is 0. The van der Waals surface area contributed by atoms with Gasteiger partial charge in [0.1, 0.15) is 23.7 Å². The molecular weight excluding hydrogens is 592 g/mol. The summed E-state index contributed by atoms with van der Waals surface area (Å²) in [6.07, 6.45) is 5.85. The molecule has 0 fully saturated rings. The minimum atomic E-state index is -5.77. The summed E-state index contributed by atoms with van der Waals surface area (Å²) in [7, 11) is -22.6. The minimum absolute atomic E-state index is 0.433. The van der Waals surface area contributed by atoms with Gasteiger partial charge in [-0.05, 0) is 0 Å². The number of fused-ring (bicyclic) bond motifs is 2. The van der Waals surface area contributed by atoms with Crippen LogP contribution in [0, 0.1) is 0 Å². The number of anilines is 2. The zero-order valence-electron chi connectivity index (χ0n) is 17.5. The number of rotatable bonds is 6. The summed E-state index contributed by atoms with van der Waals surface area (Å²) >= 11 is 0. The van der Waals surface area contributed by atoms with Crippen molar-refractivity contribution in [2.75, 3.05) is 11.5 Å². The van der Waals surface area contributed by atoms with Gasteiger partial charge in [0.05, 0.1) is 12.7 Å². The summed E-state index contributed by atoms with van der Waals surface area (Å²) in [5.41, 5.74) is 13.6. The third-order valence-electron chi connectivity index (χ3n) is 3.13. The predicted octanol–water partition coefficient (Wildman–Crippen LogP) is -0.707. The molecule has 0 aliphatic rings. The summed E-state index contributed by atoms with van der Waals surface area (Å²) in [5, 5.41) is 0. The molecule has 0 aromatic carbocycles. The van der Waals surface area contributed by atoms with Crippen molar-refractivity contribution in [3.05, 3.63) is 25.3 Å². The fourth-order valence-corrected chi connectivity index (χ4v) is 5.97. The Hall–Kier alpha value is -2.74. The first-order chi connectivity index (χ1) is 16.9. The van der Waals surface area contributed by atoms with Gasteiger partial charge in [0, 0.05) is 0 Å². The van der Waals surface area contributed by atoms with Gasteiger partial charge in [-0.25, -0.2) is 48.2 Å². The molecular formula is C10H16N10O13P4. The number of H-pyrrole nitrogens is 2. The monoisotopic (exact) mass is 608 g/mol. The number of aromatic amines is 2. The van der Waals surface area contributed by atoms with E-state index in [1.54, 1.807) is 0 Å². The molecule has 37 heavy (non-hydrogen) atoms. The van der Waals surface area contributed by atoms with Gasteiger partial charge >= 0.3 is 31.3 Å². The van der Waals surface area contributed by atoms with Crippen molar-refractivity contribution >= 4 is 65.3 Å². The quantitative estimate of drug-likeness (QED) is 0.121. The Bertz CT molecular complexity index is 1430. The van der Waals surface area contributed by atoms with Crippen LogP contribution in [0.25, 0.3) is 22.3 Å². The Morgan fingerprint density at radius 3 is 1.24 bits per heavy atom. The Morgan fingerprint density at radius 1 is 0.595 bits per heavy atom. The van der Waals surface area contributed by atoms with Crippen molar-refractivity contribution in [3.8, 4) is 0 Å². The highest BCUT2D eigenvalue weighted by molar-refractivity contribution is 7.69. The second-order valence-corrected chi connectivity index (χ2v) is 11.7. The average Bonchev–Trinajstić information content (AvgIpc) is 3.34. The molecule has 204 valence electrons. The molecule has 4 aromatic heterocycles. The number of hydrogen-bond donors (Lipinski definition) is 10. The Kier molecular flexibility index (Phi) is 9.69. The van der Waals surface area contributed by atoms with Crippen LogP contribution in [-0.4, -0.2) is 69.2 Å². The first kappa shape index (κ1) is 30.5. The maximum Gasteiger partial charge on any atom is 0.490 e. The highest BCUT2D eigenvalue weighted by Gasteiger charge is 2.43. The standard InChI is InChI=1S/2C5H5N5.H6O13P4/c2*6-4-3-5(9-1-7-3)10-2-8-4;1-14(2,3)11-16(7,8)13-17(9,10)12-15(4,5)6/h2*1-2H,(H3,6,7,8,9,10);(H,7,8)(H,9,10)(H2,1,2,3)(H2,4,5,6). The molecule has 27 heteroatoms. The highest BCUT2D eigenvalue weighted by atomic mass is 31.3. The molecule has 0 radical (unpaired) electrons. The number of aromatic nitrogens is 8. The SMILES string of the molecule is Nc1ncnc2nc[nH]c12.Nc1ncnc2nc[nH]c12.O=P(O)(O)OP(=O)(O)OP(=O)(O)OP(=O)(O)O. The predicted molar refractivity (Wildman–Crippen MR) is 119 cm³/mol. The van der Waals surface area contributed by atoms with Gasteiger partial charge in [0.25, 0.3) is 0 Å². The molecule has 2 unspecified atom stereocenters. The maximum atomic E-state index is 10.7. The van der Waals surface area contributed by atoms with Crippen LogP contribution in [0.15, 0.2) is 25.3 Å². The van der Waals surface area contributed by atoms with Gasteiger partial charge in [-0.3, -0.25) is 0 Å². The van der Waals surface area contributed by atoms with E-state index >= 15 is 0 Å². The topological polar surface area (TPSA) is 378 Å². The van der Waals surface area contributed by atoms with E-state index < -0.39 is 31.3 Å². The van der Waals surface area contributed by atoms with Gasteiger partial charge in [-0.2, -0.15) is 12.9 Å². The van der Waals surface area contributed by atoms with E-state index in [-0.39, 0.29) is 0 Å². The van der Waals surface area contributed by atoms with E-state index in [1.807, 2.05) is 0 Å². The molecule has 0 saturated carbocycles. The fraction of sp³-hybridized carbons (Fsp3) is 0. The molecule has 4 rings (SSSR count). The number of nitrogens with one attached hydrogen (secondary N) is 2. The highest BCUT2D eigenvalue weighted by Crippen LogP contribution is 2.69. The smallest absolute Gasteiger partial charge is 0.382 e. The van der Waals surface area contributed by atoms with Gasteiger partial charge in [-0.15, -0.1) is 0 Å². The molecule has 12 N–H and O–H groups in total. The van der Waals surface area contributed by atoms with Crippen molar-refractivity contribution in [1.82, 2.24) is 39.9 Å². The van der Waals surface area contributed by atoms with E-state index in [9.17, 15) is 18.3 Å². The first-order valence-corrected chi connectivity index (χ1v) is 14.6. The third kappa shape index (κ3) is 10.6. The molecule has 0 bridgehead atoms.